The van der Waals surface area contributed by atoms with E-state index >= 15 is 0 Å². The van der Waals surface area contributed by atoms with Crippen molar-refractivity contribution in [2.75, 3.05) is 6.61 Å². The van der Waals surface area contributed by atoms with E-state index in [-0.39, 0.29) is 17.0 Å². The molecule has 1 N–H and O–H groups in total. The number of hydrogen-bond acceptors (Lipinski definition) is 3. The summed E-state index contributed by atoms with van der Waals surface area (Å²) < 4.78 is 5.74. The summed E-state index contributed by atoms with van der Waals surface area (Å²) in [6, 6.07) is 19.5. The maximum Gasteiger partial charge on any atom is 0.262 e. The fraction of sp³-hybridized carbons (Fsp3) is 0.360. The molecule has 1 amide bonds. The van der Waals surface area contributed by atoms with Gasteiger partial charge in [0.15, 0.2) is 0 Å². The second kappa shape index (κ2) is 9.93. The fourth-order valence-electron chi connectivity index (χ4n) is 3.35. The normalized spacial score (nSPS) is 14.7. The molecule has 0 heterocycles. The van der Waals surface area contributed by atoms with E-state index in [4.69, 9.17) is 4.74 Å². The summed E-state index contributed by atoms with van der Waals surface area (Å²) in [5.41, 5.74) is 1.68. The van der Waals surface area contributed by atoms with E-state index in [1.54, 1.807) is 6.08 Å². The van der Waals surface area contributed by atoms with E-state index in [9.17, 15) is 10.1 Å². The number of nitrogens with one attached hydrogen (secondary N) is 1. The lowest BCUT2D eigenvalue weighted by atomic mass is 10.0. The zero-order valence-corrected chi connectivity index (χ0v) is 17.0. The molecular formula is C25H28N2O2. The Bertz CT molecular complexity index is 875. The van der Waals surface area contributed by atoms with E-state index in [1.165, 1.54) is 19.3 Å². The highest BCUT2D eigenvalue weighted by atomic mass is 16.5. The molecule has 2 aromatic carbocycles. The predicted octanol–water partition coefficient (Wildman–Crippen LogP) is 5.36. The van der Waals surface area contributed by atoms with Gasteiger partial charge in [-0.15, -0.1) is 0 Å². The lowest BCUT2D eigenvalue weighted by Crippen LogP contribution is -2.35. The largest absolute Gasteiger partial charge is 0.494 e. The number of rotatable bonds is 10. The summed E-state index contributed by atoms with van der Waals surface area (Å²) in [4.78, 5) is 12.7. The van der Waals surface area contributed by atoms with Crippen molar-refractivity contribution in [1.29, 1.82) is 5.26 Å². The summed E-state index contributed by atoms with van der Waals surface area (Å²) in [6.07, 6.45) is 8.10. The number of hydrogen-bond donors (Lipinski definition) is 1. The molecule has 1 saturated carbocycles. The molecule has 0 aliphatic heterocycles. The van der Waals surface area contributed by atoms with Gasteiger partial charge in [0, 0.05) is 0 Å². The van der Waals surface area contributed by atoms with Crippen LogP contribution in [0.25, 0.3) is 6.08 Å². The first-order valence-corrected chi connectivity index (χ1v) is 10.4. The third-order valence-corrected chi connectivity index (χ3v) is 5.25. The second-order valence-electron chi connectivity index (χ2n) is 7.55. The molecule has 0 spiro atoms. The van der Waals surface area contributed by atoms with Gasteiger partial charge in [0.2, 0.25) is 0 Å². The summed E-state index contributed by atoms with van der Waals surface area (Å²) >= 11 is 0. The van der Waals surface area contributed by atoms with Crippen molar-refractivity contribution in [2.24, 2.45) is 0 Å². The third kappa shape index (κ3) is 5.71. The van der Waals surface area contributed by atoms with Crippen LogP contribution in [0.5, 0.6) is 5.75 Å². The fourth-order valence-corrected chi connectivity index (χ4v) is 3.35. The number of benzene rings is 2. The van der Waals surface area contributed by atoms with E-state index in [0.29, 0.717) is 6.61 Å². The molecule has 29 heavy (non-hydrogen) atoms. The zero-order valence-electron chi connectivity index (χ0n) is 17.0. The van der Waals surface area contributed by atoms with Crippen LogP contribution in [-0.2, 0) is 10.3 Å². The Labute approximate surface area is 173 Å². The van der Waals surface area contributed by atoms with Gasteiger partial charge in [-0.05, 0) is 48.6 Å². The van der Waals surface area contributed by atoms with Crippen molar-refractivity contribution in [3.05, 3.63) is 71.3 Å². The summed E-state index contributed by atoms with van der Waals surface area (Å²) in [6.45, 7) is 2.90. The van der Waals surface area contributed by atoms with Crippen LogP contribution in [0, 0.1) is 11.3 Å². The molecule has 1 aliphatic carbocycles. The van der Waals surface area contributed by atoms with Gasteiger partial charge < -0.3 is 10.1 Å². The standard InChI is InChI=1S/C25H28N2O2/c1-2-3-4-8-17-29-23-13-11-20(12-14-23)18-21(19-26)24(28)27-25(15-16-25)22-9-6-5-7-10-22/h5-7,9-14,18H,2-4,8,15-17H2,1H3,(H,27,28)/b21-18+. The maximum atomic E-state index is 12.7. The maximum absolute atomic E-state index is 12.7. The molecule has 4 nitrogen and oxygen atoms in total. The molecule has 0 saturated heterocycles. The van der Waals surface area contributed by atoms with Crippen LogP contribution in [-0.4, -0.2) is 12.5 Å². The van der Waals surface area contributed by atoms with Crippen LogP contribution in [0.1, 0.15) is 56.6 Å². The van der Waals surface area contributed by atoms with Gasteiger partial charge in [-0.25, -0.2) is 0 Å². The Morgan fingerprint density at radius 1 is 1.10 bits per heavy atom. The number of nitrogens with zero attached hydrogens (tertiary/aromatic N) is 1. The molecule has 1 fully saturated rings. The Morgan fingerprint density at radius 2 is 1.83 bits per heavy atom. The molecule has 2 aromatic rings. The van der Waals surface area contributed by atoms with Crippen molar-refractivity contribution >= 4 is 12.0 Å². The number of nitriles is 1. The highest BCUT2D eigenvalue weighted by Crippen LogP contribution is 2.45. The Balaban J connectivity index is 1.59. The summed E-state index contributed by atoms with van der Waals surface area (Å²) in [7, 11) is 0. The Hall–Kier alpha value is -3.06. The molecule has 0 aromatic heterocycles. The van der Waals surface area contributed by atoms with Crippen LogP contribution in [0.3, 0.4) is 0 Å². The first kappa shape index (κ1) is 20.7. The minimum atomic E-state index is -0.330. The second-order valence-corrected chi connectivity index (χ2v) is 7.55. The Kier molecular flexibility index (Phi) is 7.08. The van der Waals surface area contributed by atoms with Crippen molar-refractivity contribution in [2.45, 2.75) is 51.0 Å². The van der Waals surface area contributed by atoms with Crippen LogP contribution in [0.15, 0.2) is 60.2 Å². The van der Waals surface area contributed by atoms with Crippen LogP contribution in [0.4, 0.5) is 0 Å². The quantitative estimate of drug-likeness (QED) is 0.339. The van der Waals surface area contributed by atoms with E-state index in [2.05, 4.69) is 12.2 Å². The van der Waals surface area contributed by atoms with Crippen LogP contribution >= 0.6 is 0 Å². The smallest absolute Gasteiger partial charge is 0.262 e. The molecular weight excluding hydrogens is 360 g/mol. The summed E-state index contributed by atoms with van der Waals surface area (Å²) in [5.74, 6) is 0.479. The molecule has 150 valence electrons. The van der Waals surface area contributed by atoms with E-state index in [1.807, 2.05) is 60.7 Å². The zero-order chi connectivity index (χ0) is 20.5. The van der Waals surface area contributed by atoms with Gasteiger partial charge in [0.25, 0.3) is 5.91 Å². The highest BCUT2D eigenvalue weighted by molar-refractivity contribution is 6.02. The molecule has 0 bridgehead atoms. The number of carbonyl (C=O) groups is 1. The van der Waals surface area contributed by atoms with Crippen LogP contribution < -0.4 is 10.1 Å². The average molecular weight is 389 g/mol. The summed E-state index contributed by atoms with van der Waals surface area (Å²) in [5, 5.41) is 12.5. The first-order valence-electron chi connectivity index (χ1n) is 10.4. The van der Waals surface area contributed by atoms with Crippen molar-refractivity contribution in [3.63, 3.8) is 0 Å². The van der Waals surface area contributed by atoms with Crippen LogP contribution in [0.2, 0.25) is 0 Å². The minimum Gasteiger partial charge on any atom is -0.494 e. The first-order chi connectivity index (χ1) is 14.2. The van der Waals surface area contributed by atoms with Crippen molar-refractivity contribution in [3.8, 4) is 11.8 Å². The van der Waals surface area contributed by atoms with Crippen molar-refractivity contribution < 1.29 is 9.53 Å². The number of carbonyl (C=O) groups excluding carboxylic acids is 1. The SMILES string of the molecule is CCCCCCOc1ccc(/C=C(\C#N)C(=O)NC2(c3ccccc3)CC2)cc1. The lowest BCUT2D eigenvalue weighted by molar-refractivity contribution is -0.118. The van der Waals surface area contributed by atoms with E-state index < -0.39 is 0 Å². The molecule has 3 rings (SSSR count). The van der Waals surface area contributed by atoms with Gasteiger partial charge in [-0.1, -0.05) is 68.7 Å². The van der Waals surface area contributed by atoms with Gasteiger partial charge in [-0.2, -0.15) is 5.26 Å². The molecule has 0 radical (unpaired) electrons. The third-order valence-electron chi connectivity index (χ3n) is 5.25. The monoisotopic (exact) mass is 388 g/mol. The van der Waals surface area contributed by atoms with E-state index in [0.717, 1.165) is 36.1 Å². The minimum absolute atomic E-state index is 0.112. The number of unbranched alkanes of at least 4 members (excludes halogenated alkanes) is 3. The van der Waals surface area contributed by atoms with Crippen molar-refractivity contribution in [1.82, 2.24) is 5.32 Å². The Morgan fingerprint density at radius 3 is 2.45 bits per heavy atom. The lowest BCUT2D eigenvalue weighted by Gasteiger charge is -2.17. The van der Waals surface area contributed by atoms with Gasteiger partial charge in [0.1, 0.15) is 17.4 Å². The number of amides is 1. The highest BCUT2D eigenvalue weighted by Gasteiger charge is 2.45. The average Bonchev–Trinajstić information content (AvgIpc) is 3.54. The topological polar surface area (TPSA) is 62.1 Å². The van der Waals surface area contributed by atoms with Gasteiger partial charge in [-0.3, -0.25) is 4.79 Å². The van der Waals surface area contributed by atoms with Gasteiger partial charge >= 0.3 is 0 Å². The molecule has 0 unspecified atom stereocenters. The molecule has 0 atom stereocenters. The van der Waals surface area contributed by atoms with Gasteiger partial charge in [0.05, 0.1) is 12.1 Å². The molecule has 1 aliphatic rings. The number of ether oxygens (including phenoxy) is 1. The molecule has 4 heteroatoms. The predicted molar refractivity (Wildman–Crippen MR) is 115 cm³/mol.